The van der Waals surface area contributed by atoms with Gasteiger partial charge in [0.1, 0.15) is 5.75 Å². The van der Waals surface area contributed by atoms with Gasteiger partial charge >= 0.3 is 5.97 Å². The van der Waals surface area contributed by atoms with Gasteiger partial charge in [-0.05, 0) is 42.8 Å². The predicted octanol–water partition coefficient (Wildman–Crippen LogP) is 5.25. The molecule has 0 fully saturated rings. The summed E-state index contributed by atoms with van der Waals surface area (Å²) in [6, 6.07) is 16.9. The molecule has 0 atom stereocenters. The average Bonchev–Trinajstić information content (AvgIpc) is 2.68. The third kappa shape index (κ3) is 3.86. The van der Waals surface area contributed by atoms with Crippen LogP contribution < -0.4 is 4.74 Å². The summed E-state index contributed by atoms with van der Waals surface area (Å²) in [5, 5.41) is 0.655. The molecule has 0 aliphatic heterocycles. The fourth-order valence-corrected chi connectivity index (χ4v) is 2.75. The van der Waals surface area contributed by atoms with E-state index in [1.807, 2.05) is 48.5 Å². The van der Waals surface area contributed by atoms with Crippen molar-refractivity contribution < 1.29 is 14.3 Å². The first-order chi connectivity index (χ1) is 12.6. The average molecular weight is 368 g/mol. The van der Waals surface area contributed by atoms with E-state index in [1.165, 1.54) is 6.20 Å². The van der Waals surface area contributed by atoms with Gasteiger partial charge in [0.25, 0.3) is 0 Å². The normalized spacial score (nSPS) is 10.4. The highest BCUT2D eigenvalue weighted by atomic mass is 35.5. The summed E-state index contributed by atoms with van der Waals surface area (Å²) < 4.78 is 10.3. The van der Waals surface area contributed by atoms with Gasteiger partial charge in [-0.3, -0.25) is 4.98 Å². The maximum Gasteiger partial charge on any atom is 0.339 e. The predicted molar refractivity (Wildman–Crippen MR) is 103 cm³/mol. The Morgan fingerprint density at radius 2 is 1.69 bits per heavy atom. The molecule has 4 nitrogen and oxygen atoms in total. The van der Waals surface area contributed by atoms with E-state index in [9.17, 15) is 4.79 Å². The highest BCUT2D eigenvalue weighted by molar-refractivity contribution is 6.30. The topological polar surface area (TPSA) is 48.4 Å². The van der Waals surface area contributed by atoms with Crippen LogP contribution in [0.3, 0.4) is 0 Å². The molecule has 0 saturated carbocycles. The maximum absolute atomic E-state index is 12.1. The Morgan fingerprint density at radius 3 is 2.31 bits per heavy atom. The van der Waals surface area contributed by atoms with E-state index >= 15 is 0 Å². The van der Waals surface area contributed by atoms with Crippen molar-refractivity contribution in [2.75, 3.05) is 13.7 Å². The van der Waals surface area contributed by atoms with Crippen molar-refractivity contribution in [3.8, 4) is 28.1 Å². The number of halogens is 1. The first-order valence-electron chi connectivity index (χ1n) is 8.20. The van der Waals surface area contributed by atoms with Crippen LogP contribution in [0.4, 0.5) is 0 Å². The van der Waals surface area contributed by atoms with E-state index in [4.69, 9.17) is 21.1 Å². The minimum Gasteiger partial charge on any atom is -0.497 e. The van der Waals surface area contributed by atoms with E-state index in [0.717, 1.165) is 28.1 Å². The molecular formula is C21H18ClNO3. The lowest BCUT2D eigenvalue weighted by molar-refractivity contribution is 0.0526. The number of esters is 1. The molecular weight excluding hydrogens is 350 g/mol. The van der Waals surface area contributed by atoms with Crippen LogP contribution in [0.15, 0.2) is 60.8 Å². The monoisotopic (exact) mass is 367 g/mol. The molecule has 0 aliphatic carbocycles. The van der Waals surface area contributed by atoms with E-state index in [0.29, 0.717) is 17.2 Å². The van der Waals surface area contributed by atoms with Gasteiger partial charge in [-0.1, -0.05) is 35.9 Å². The van der Waals surface area contributed by atoms with Crippen LogP contribution >= 0.6 is 11.6 Å². The summed E-state index contributed by atoms with van der Waals surface area (Å²) >= 11 is 6.00. The van der Waals surface area contributed by atoms with E-state index in [-0.39, 0.29) is 0 Å². The van der Waals surface area contributed by atoms with E-state index in [1.54, 1.807) is 20.1 Å². The third-order valence-corrected chi connectivity index (χ3v) is 4.17. The van der Waals surface area contributed by atoms with Gasteiger partial charge < -0.3 is 9.47 Å². The molecule has 0 spiro atoms. The van der Waals surface area contributed by atoms with Crippen molar-refractivity contribution in [2.24, 2.45) is 0 Å². The third-order valence-electron chi connectivity index (χ3n) is 3.92. The number of carbonyl (C=O) groups is 1. The Hall–Kier alpha value is -2.85. The molecule has 5 heteroatoms. The molecule has 3 rings (SSSR count). The van der Waals surface area contributed by atoms with Crippen molar-refractivity contribution in [2.45, 2.75) is 6.92 Å². The summed E-state index contributed by atoms with van der Waals surface area (Å²) in [6.07, 6.45) is 1.54. The van der Waals surface area contributed by atoms with Crippen LogP contribution in [0, 0.1) is 0 Å². The lowest BCUT2D eigenvalue weighted by Crippen LogP contribution is -2.06. The number of nitrogens with zero attached hydrogens (tertiary/aromatic N) is 1. The number of pyridine rings is 1. The fourth-order valence-electron chi connectivity index (χ4n) is 2.62. The standard InChI is InChI=1S/C21H18ClNO3/c1-3-26-21(24)16-12-19(14-6-10-18(25-2)11-7-14)20(23-13-16)15-4-8-17(22)9-5-15/h4-13H,3H2,1-2H3. The summed E-state index contributed by atoms with van der Waals surface area (Å²) in [6.45, 7) is 2.09. The van der Waals surface area contributed by atoms with Gasteiger partial charge in [0, 0.05) is 22.3 Å². The largest absolute Gasteiger partial charge is 0.497 e. The maximum atomic E-state index is 12.1. The summed E-state index contributed by atoms with van der Waals surface area (Å²) in [7, 11) is 1.62. The summed E-state index contributed by atoms with van der Waals surface area (Å²) in [5.74, 6) is 0.369. The SMILES string of the molecule is CCOC(=O)c1cnc(-c2ccc(Cl)cc2)c(-c2ccc(OC)cc2)c1. The fraction of sp³-hybridized carbons (Fsp3) is 0.143. The summed E-state index contributed by atoms with van der Waals surface area (Å²) in [5.41, 5.74) is 3.85. The first kappa shape index (κ1) is 18.0. The number of aromatic nitrogens is 1. The summed E-state index contributed by atoms with van der Waals surface area (Å²) in [4.78, 5) is 16.6. The van der Waals surface area contributed by atoms with Crippen molar-refractivity contribution in [3.05, 3.63) is 71.4 Å². The van der Waals surface area contributed by atoms with Crippen LogP contribution in [0.5, 0.6) is 5.75 Å². The van der Waals surface area contributed by atoms with Crippen molar-refractivity contribution in [3.63, 3.8) is 0 Å². The van der Waals surface area contributed by atoms with Gasteiger partial charge in [-0.15, -0.1) is 0 Å². The van der Waals surface area contributed by atoms with E-state index < -0.39 is 5.97 Å². The molecule has 3 aromatic rings. The molecule has 0 radical (unpaired) electrons. The molecule has 26 heavy (non-hydrogen) atoms. The molecule has 0 bridgehead atoms. The number of hydrogen-bond donors (Lipinski definition) is 0. The van der Waals surface area contributed by atoms with Gasteiger partial charge in [-0.2, -0.15) is 0 Å². The lowest BCUT2D eigenvalue weighted by atomic mass is 9.98. The Morgan fingerprint density at radius 1 is 1.04 bits per heavy atom. The molecule has 0 unspecified atom stereocenters. The molecule has 1 aromatic heterocycles. The van der Waals surface area contributed by atoms with Crippen LogP contribution in [0.2, 0.25) is 5.02 Å². The molecule has 0 aliphatic rings. The number of rotatable bonds is 5. The Balaban J connectivity index is 2.13. The van der Waals surface area contributed by atoms with Crippen LogP contribution in [-0.2, 0) is 4.74 Å². The number of methoxy groups -OCH3 is 1. The number of carbonyl (C=O) groups excluding carboxylic acids is 1. The minimum atomic E-state index is -0.391. The van der Waals surface area contributed by atoms with Gasteiger partial charge in [0.15, 0.2) is 0 Å². The van der Waals surface area contributed by atoms with Crippen molar-refractivity contribution in [1.82, 2.24) is 4.98 Å². The number of benzene rings is 2. The van der Waals surface area contributed by atoms with Crippen molar-refractivity contribution in [1.29, 1.82) is 0 Å². The van der Waals surface area contributed by atoms with E-state index in [2.05, 4.69) is 4.98 Å². The molecule has 0 N–H and O–H groups in total. The van der Waals surface area contributed by atoms with Crippen LogP contribution in [-0.4, -0.2) is 24.7 Å². The Labute approximate surface area is 157 Å². The number of hydrogen-bond acceptors (Lipinski definition) is 4. The lowest BCUT2D eigenvalue weighted by Gasteiger charge is -2.12. The highest BCUT2D eigenvalue weighted by Crippen LogP contribution is 2.32. The zero-order chi connectivity index (χ0) is 18.5. The number of ether oxygens (including phenoxy) is 2. The molecule has 132 valence electrons. The zero-order valence-corrected chi connectivity index (χ0v) is 15.3. The minimum absolute atomic E-state index is 0.315. The quantitative estimate of drug-likeness (QED) is 0.577. The van der Waals surface area contributed by atoms with Gasteiger partial charge in [-0.25, -0.2) is 4.79 Å². The van der Waals surface area contributed by atoms with Crippen LogP contribution in [0.25, 0.3) is 22.4 Å². The van der Waals surface area contributed by atoms with Crippen molar-refractivity contribution >= 4 is 17.6 Å². The second-order valence-corrected chi connectivity index (χ2v) is 6.01. The molecule has 2 aromatic carbocycles. The molecule has 1 heterocycles. The highest BCUT2D eigenvalue weighted by Gasteiger charge is 2.15. The Kier molecular flexibility index (Phi) is 5.54. The first-order valence-corrected chi connectivity index (χ1v) is 8.57. The molecule has 0 saturated heterocycles. The molecule has 0 amide bonds. The van der Waals surface area contributed by atoms with Gasteiger partial charge in [0.05, 0.1) is 25.0 Å². The second-order valence-electron chi connectivity index (χ2n) is 5.58. The van der Waals surface area contributed by atoms with Crippen LogP contribution in [0.1, 0.15) is 17.3 Å². The Bertz CT molecular complexity index is 906. The van der Waals surface area contributed by atoms with Gasteiger partial charge in [0.2, 0.25) is 0 Å². The second kappa shape index (κ2) is 8.02. The zero-order valence-electron chi connectivity index (χ0n) is 14.5. The smallest absolute Gasteiger partial charge is 0.339 e.